The fourth-order valence-electron chi connectivity index (χ4n) is 2.01. The molecule has 2 atom stereocenters. The summed E-state index contributed by atoms with van der Waals surface area (Å²) in [5, 5.41) is 2.65. The number of nitrogens with one attached hydrogen (secondary N) is 1. The first-order valence-corrected chi connectivity index (χ1v) is 5.04. The fraction of sp³-hybridized carbons (Fsp3) is 0.900. The summed E-state index contributed by atoms with van der Waals surface area (Å²) in [5.41, 5.74) is 0. The molecule has 1 saturated carbocycles. The van der Waals surface area contributed by atoms with Gasteiger partial charge >= 0.3 is 0 Å². The fourth-order valence-corrected chi connectivity index (χ4v) is 2.01. The molecule has 0 spiro atoms. The highest BCUT2D eigenvalue weighted by atomic mass is 16.1. The van der Waals surface area contributed by atoms with Gasteiger partial charge in [-0.15, -0.1) is 0 Å². The van der Waals surface area contributed by atoms with Crippen molar-refractivity contribution in [3.8, 4) is 0 Å². The number of likely N-dealkylation sites (N-methyl/N-ethyl adjacent to an activating group) is 2. The summed E-state index contributed by atoms with van der Waals surface area (Å²) in [6, 6.07) is 0.618. The Labute approximate surface area is 80.5 Å². The second-order valence-electron chi connectivity index (χ2n) is 4.16. The molecule has 13 heavy (non-hydrogen) atoms. The summed E-state index contributed by atoms with van der Waals surface area (Å²) >= 11 is 0. The monoisotopic (exact) mass is 184 g/mol. The first-order chi connectivity index (χ1) is 6.13. The molecule has 0 aromatic carbocycles. The smallest absolute Gasteiger partial charge is 0.233 e. The Balaban J connectivity index is 2.31. The van der Waals surface area contributed by atoms with Gasteiger partial charge < -0.3 is 5.32 Å². The van der Waals surface area contributed by atoms with E-state index >= 15 is 0 Å². The molecule has 1 fully saturated rings. The zero-order chi connectivity index (χ0) is 9.84. The number of nitrogens with zero attached hydrogens (tertiary/aromatic N) is 1. The van der Waals surface area contributed by atoms with Crippen molar-refractivity contribution in [1.82, 2.24) is 10.2 Å². The molecule has 1 N–H and O–H groups in total. The van der Waals surface area contributed by atoms with E-state index in [0.717, 1.165) is 5.92 Å². The summed E-state index contributed by atoms with van der Waals surface area (Å²) in [4.78, 5) is 13.3. The average molecular weight is 184 g/mol. The molecule has 3 heteroatoms. The molecule has 1 aliphatic rings. The van der Waals surface area contributed by atoms with Crippen LogP contribution in [0.15, 0.2) is 0 Å². The van der Waals surface area contributed by atoms with Gasteiger partial charge in [-0.2, -0.15) is 0 Å². The van der Waals surface area contributed by atoms with Gasteiger partial charge in [0.05, 0.1) is 6.54 Å². The van der Waals surface area contributed by atoms with Crippen LogP contribution < -0.4 is 5.32 Å². The molecule has 1 aliphatic carbocycles. The van der Waals surface area contributed by atoms with Crippen LogP contribution in [0.3, 0.4) is 0 Å². The van der Waals surface area contributed by atoms with Crippen molar-refractivity contribution in [1.29, 1.82) is 0 Å². The second-order valence-corrected chi connectivity index (χ2v) is 4.16. The van der Waals surface area contributed by atoms with E-state index in [1.54, 1.807) is 7.05 Å². The molecular formula is C10H20N2O. The molecule has 0 radical (unpaired) electrons. The van der Waals surface area contributed by atoms with Crippen LogP contribution in [0.1, 0.15) is 26.2 Å². The summed E-state index contributed by atoms with van der Waals surface area (Å²) in [6.07, 6.45) is 3.80. The Morgan fingerprint density at radius 3 is 2.69 bits per heavy atom. The molecule has 76 valence electrons. The zero-order valence-electron chi connectivity index (χ0n) is 8.84. The van der Waals surface area contributed by atoms with Gasteiger partial charge in [-0.1, -0.05) is 6.92 Å². The van der Waals surface area contributed by atoms with Crippen molar-refractivity contribution in [2.24, 2.45) is 5.92 Å². The highest BCUT2D eigenvalue weighted by molar-refractivity contribution is 5.77. The molecule has 1 rings (SSSR count). The van der Waals surface area contributed by atoms with Crippen LogP contribution in [0.4, 0.5) is 0 Å². The molecule has 0 aromatic heterocycles. The molecule has 0 saturated heterocycles. The third kappa shape index (κ3) is 2.99. The minimum atomic E-state index is 0.113. The van der Waals surface area contributed by atoms with Crippen LogP contribution >= 0.6 is 0 Å². The Kier molecular flexibility index (Phi) is 3.72. The lowest BCUT2D eigenvalue weighted by molar-refractivity contribution is -0.121. The van der Waals surface area contributed by atoms with Crippen molar-refractivity contribution in [2.45, 2.75) is 32.2 Å². The van der Waals surface area contributed by atoms with Crippen LogP contribution in [0.25, 0.3) is 0 Å². The lowest BCUT2D eigenvalue weighted by Crippen LogP contribution is -2.38. The summed E-state index contributed by atoms with van der Waals surface area (Å²) in [6.45, 7) is 2.82. The zero-order valence-corrected chi connectivity index (χ0v) is 8.84. The number of carbonyl (C=O) groups is 1. The van der Waals surface area contributed by atoms with Crippen molar-refractivity contribution in [2.75, 3.05) is 20.6 Å². The molecule has 3 nitrogen and oxygen atoms in total. The predicted molar refractivity (Wildman–Crippen MR) is 53.5 cm³/mol. The van der Waals surface area contributed by atoms with Gasteiger partial charge in [0, 0.05) is 13.1 Å². The van der Waals surface area contributed by atoms with Gasteiger partial charge in [0.2, 0.25) is 5.91 Å². The topological polar surface area (TPSA) is 32.3 Å². The average Bonchev–Trinajstić information content (AvgIpc) is 2.51. The van der Waals surface area contributed by atoms with E-state index in [9.17, 15) is 4.79 Å². The Morgan fingerprint density at radius 1 is 1.54 bits per heavy atom. The Morgan fingerprint density at radius 2 is 2.23 bits per heavy atom. The summed E-state index contributed by atoms with van der Waals surface area (Å²) in [7, 11) is 3.73. The van der Waals surface area contributed by atoms with Gasteiger partial charge in [-0.25, -0.2) is 0 Å². The predicted octanol–water partition coefficient (Wildman–Crippen LogP) is 0.853. The Bertz CT molecular complexity index is 182. The number of hydrogen-bond acceptors (Lipinski definition) is 2. The first kappa shape index (κ1) is 10.5. The van der Waals surface area contributed by atoms with Gasteiger partial charge in [-0.3, -0.25) is 9.69 Å². The number of carbonyl (C=O) groups excluding carboxylic acids is 1. The van der Waals surface area contributed by atoms with E-state index in [0.29, 0.717) is 12.6 Å². The summed E-state index contributed by atoms with van der Waals surface area (Å²) < 4.78 is 0. The van der Waals surface area contributed by atoms with E-state index in [4.69, 9.17) is 0 Å². The number of hydrogen-bond donors (Lipinski definition) is 1. The molecule has 0 bridgehead atoms. The van der Waals surface area contributed by atoms with Crippen molar-refractivity contribution < 1.29 is 4.79 Å². The lowest BCUT2D eigenvalue weighted by Gasteiger charge is -2.23. The number of rotatable bonds is 3. The maximum absolute atomic E-state index is 11.1. The standard InChI is InChI=1S/C10H20N2O/c1-8-4-5-9(6-8)12(3)7-10(13)11-2/h8-9H,4-7H2,1-3H3,(H,11,13). The maximum Gasteiger partial charge on any atom is 0.233 e. The first-order valence-electron chi connectivity index (χ1n) is 5.04. The molecule has 1 amide bonds. The van der Waals surface area contributed by atoms with Crippen LogP contribution in [-0.4, -0.2) is 37.5 Å². The summed E-state index contributed by atoms with van der Waals surface area (Å²) in [5.74, 6) is 0.944. The molecule has 0 heterocycles. The largest absolute Gasteiger partial charge is 0.358 e. The SMILES string of the molecule is CNC(=O)CN(C)C1CCC(C)C1. The molecule has 2 unspecified atom stereocenters. The van der Waals surface area contributed by atoms with Gasteiger partial charge in [-0.05, 0) is 32.2 Å². The molecule has 0 aromatic rings. The maximum atomic E-state index is 11.1. The van der Waals surface area contributed by atoms with Crippen LogP contribution in [-0.2, 0) is 4.79 Å². The molecular weight excluding hydrogens is 164 g/mol. The van der Waals surface area contributed by atoms with Crippen molar-refractivity contribution in [3.63, 3.8) is 0 Å². The third-order valence-corrected chi connectivity index (χ3v) is 2.96. The number of amides is 1. The van der Waals surface area contributed by atoms with Crippen LogP contribution in [0.2, 0.25) is 0 Å². The van der Waals surface area contributed by atoms with Gasteiger partial charge in [0.1, 0.15) is 0 Å². The van der Waals surface area contributed by atoms with E-state index in [-0.39, 0.29) is 5.91 Å². The van der Waals surface area contributed by atoms with Crippen LogP contribution in [0.5, 0.6) is 0 Å². The quantitative estimate of drug-likeness (QED) is 0.705. The van der Waals surface area contributed by atoms with Crippen LogP contribution in [0, 0.1) is 5.92 Å². The normalized spacial score (nSPS) is 28.0. The van der Waals surface area contributed by atoms with E-state index in [1.807, 2.05) is 7.05 Å². The van der Waals surface area contributed by atoms with Crippen molar-refractivity contribution >= 4 is 5.91 Å². The van der Waals surface area contributed by atoms with E-state index in [2.05, 4.69) is 17.1 Å². The molecule has 0 aliphatic heterocycles. The van der Waals surface area contributed by atoms with E-state index in [1.165, 1.54) is 19.3 Å². The minimum Gasteiger partial charge on any atom is -0.358 e. The lowest BCUT2D eigenvalue weighted by atomic mass is 10.1. The minimum absolute atomic E-state index is 0.113. The third-order valence-electron chi connectivity index (χ3n) is 2.96. The van der Waals surface area contributed by atoms with Crippen molar-refractivity contribution in [3.05, 3.63) is 0 Å². The highest BCUT2D eigenvalue weighted by Crippen LogP contribution is 2.27. The Hall–Kier alpha value is -0.570. The van der Waals surface area contributed by atoms with Gasteiger partial charge in [0.15, 0.2) is 0 Å². The second kappa shape index (κ2) is 4.61. The highest BCUT2D eigenvalue weighted by Gasteiger charge is 2.25. The van der Waals surface area contributed by atoms with Gasteiger partial charge in [0.25, 0.3) is 0 Å². The van der Waals surface area contributed by atoms with E-state index < -0.39 is 0 Å².